The molecular weight excluding hydrogens is 263 g/mol. The summed E-state index contributed by atoms with van der Waals surface area (Å²) in [5, 5.41) is 3.40. The molecule has 1 aliphatic heterocycles. The molecule has 1 N–H and O–H groups in total. The van der Waals surface area contributed by atoms with Gasteiger partial charge in [-0.1, -0.05) is 19.1 Å². The van der Waals surface area contributed by atoms with Crippen LogP contribution in [0.2, 0.25) is 0 Å². The largest absolute Gasteiger partial charge is 0.315 e. The van der Waals surface area contributed by atoms with E-state index in [1.54, 1.807) is 6.07 Å². The minimum absolute atomic E-state index is 0. The average molecular weight is 287 g/mol. The molecule has 1 aliphatic rings. The summed E-state index contributed by atoms with van der Waals surface area (Å²) in [6.45, 7) is 8.12. The van der Waals surface area contributed by atoms with E-state index in [9.17, 15) is 4.39 Å². The lowest BCUT2D eigenvalue weighted by Gasteiger charge is -2.28. The number of nitrogens with one attached hydrogen (secondary N) is 1. The Morgan fingerprint density at radius 2 is 2.21 bits per heavy atom. The van der Waals surface area contributed by atoms with Crippen LogP contribution in [-0.2, 0) is 6.54 Å². The highest BCUT2D eigenvalue weighted by atomic mass is 35.5. The zero-order valence-corrected chi connectivity index (χ0v) is 12.6. The van der Waals surface area contributed by atoms with Gasteiger partial charge in [-0.05, 0) is 50.0 Å². The summed E-state index contributed by atoms with van der Waals surface area (Å²) in [6, 6.07) is 6.21. The fourth-order valence-corrected chi connectivity index (χ4v) is 2.60. The van der Waals surface area contributed by atoms with Crippen molar-refractivity contribution >= 4 is 12.4 Å². The van der Waals surface area contributed by atoms with Gasteiger partial charge in [0.2, 0.25) is 0 Å². The van der Waals surface area contributed by atoms with Crippen LogP contribution in [0.5, 0.6) is 0 Å². The number of hydrogen-bond donors (Lipinski definition) is 1. The Bertz CT molecular complexity index is 392. The minimum Gasteiger partial charge on any atom is -0.315 e. The third-order valence-corrected chi connectivity index (χ3v) is 3.68. The minimum atomic E-state index is -0.0894. The molecule has 0 saturated carbocycles. The van der Waals surface area contributed by atoms with Gasteiger partial charge in [-0.25, -0.2) is 4.39 Å². The molecule has 19 heavy (non-hydrogen) atoms. The van der Waals surface area contributed by atoms with Crippen LogP contribution in [0.3, 0.4) is 0 Å². The van der Waals surface area contributed by atoms with Crippen molar-refractivity contribution in [3.05, 3.63) is 35.1 Å². The van der Waals surface area contributed by atoms with Gasteiger partial charge in [-0.2, -0.15) is 0 Å². The van der Waals surface area contributed by atoms with E-state index in [4.69, 9.17) is 0 Å². The summed E-state index contributed by atoms with van der Waals surface area (Å²) in [5.41, 5.74) is 1.81. The second kappa shape index (κ2) is 7.83. The Morgan fingerprint density at radius 3 is 2.79 bits per heavy atom. The van der Waals surface area contributed by atoms with Crippen LogP contribution in [-0.4, -0.2) is 30.6 Å². The molecule has 4 heteroatoms. The highest BCUT2D eigenvalue weighted by molar-refractivity contribution is 5.85. The lowest BCUT2D eigenvalue weighted by molar-refractivity contribution is 0.199. The molecule has 1 unspecified atom stereocenters. The molecule has 2 nitrogen and oxygen atoms in total. The van der Waals surface area contributed by atoms with Gasteiger partial charge in [0.1, 0.15) is 5.82 Å². The van der Waals surface area contributed by atoms with Crippen LogP contribution in [0.4, 0.5) is 4.39 Å². The first-order valence-electron chi connectivity index (χ1n) is 6.90. The molecule has 108 valence electrons. The molecule has 0 bridgehead atoms. The maximum atomic E-state index is 13.6. The second-order valence-electron chi connectivity index (χ2n) is 5.20. The third-order valence-electron chi connectivity index (χ3n) is 3.68. The standard InChI is InChI=1S/C15H23FN2.ClH/c1-3-8-18(14-6-7-17-10-14)11-13-5-4-12(2)15(16)9-13;/h4-5,9,14,17H,3,6-8,10-11H2,1-2H3;1H. The van der Waals surface area contributed by atoms with Crippen LogP contribution in [0.25, 0.3) is 0 Å². The highest BCUT2D eigenvalue weighted by Crippen LogP contribution is 2.16. The summed E-state index contributed by atoms with van der Waals surface area (Å²) in [5.74, 6) is -0.0894. The molecule has 0 aliphatic carbocycles. The van der Waals surface area contributed by atoms with Crippen LogP contribution in [0.1, 0.15) is 30.9 Å². The predicted molar refractivity (Wildman–Crippen MR) is 80.4 cm³/mol. The fraction of sp³-hybridized carbons (Fsp3) is 0.600. The van der Waals surface area contributed by atoms with Crippen LogP contribution in [0, 0.1) is 12.7 Å². The van der Waals surface area contributed by atoms with E-state index in [0.717, 1.165) is 43.7 Å². The Kier molecular flexibility index (Phi) is 6.76. The van der Waals surface area contributed by atoms with Crippen molar-refractivity contribution in [2.24, 2.45) is 0 Å². The average Bonchev–Trinajstić information content (AvgIpc) is 2.87. The van der Waals surface area contributed by atoms with Crippen molar-refractivity contribution in [1.82, 2.24) is 10.2 Å². The van der Waals surface area contributed by atoms with Crippen molar-refractivity contribution < 1.29 is 4.39 Å². The molecule has 1 saturated heterocycles. The third kappa shape index (κ3) is 4.44. The maximum Gasteiger partial charge on any atom is 0.126 e. The molecule has 1 fully saturated rings. The lowest BCUT2D eigenvalue weighted by Crippen LogP contribution is -2.36. The quantitative estimate of drug-likeness (QED) is 0.895. The fourth-order valence-electron chi connectivity index (χ4n) is 2.60. The van der Waals surface area contributed by atoms with Crippen LogP contribution < -0.4 is 5.32 Å². The van der Waals surface area contributed by atoms with Gasteiger partial charge >= 0.3 is 0 Å². The summed E-state index contributed by atoms with van der Waals surface area (Å²) in [6.07, 6.45) is 2.35. The van der Waals surface area contributed by atoms with Gasteiger partial charge < -0.3 is 5.32 Å². The second-order valence-corrected chi connectivity index (χ2v) is 5.20. The predicted octanol–water partition coefficient (Wildman–Crippen LogP) is 3.13. The molecule has 1 aromatic rings. The monoisotopic (exact) mass is 286 g/mol. The Labute approximate surface area is 121 Å². The first-order valence-corrected chi connectivity index (χ1v) is 6.90. The van der Waals surface area contributed by atoms with Gasteiger partial charge in [0.05, 0.1) is 0 Å². The SMILES string of the molecule is CCCN(Cc1ccc(C)c(F)c1)C1CCNC1.Cl. The molecular formula is C15H24ClFN2. The zero-order chi connectivity index (χ0) is 13.0. The molecule has 2 rings (SSSR count). The number of rotatable bonds is 5. The van der Waals surface area contributed by atoms with Crippen molar-refractivity contribution in [2.45, 2.75) is 39.3 Å². The van der Waals surface area contributed by atoms with Crippen molar-refractivity contribution in [3.8, 4) is 0 Å². The number of aryl methyl sites for hydroxylation is 1. The van der Waals surface area contributed by atoms with Gasteiger partial charge in [-0.15, -0.1) is 12.4 Å². The van der Waals surface area contributed by atoms with E-state index in [1.165, 1.54) is 6.42 Å². The molecule has 1 atom stereocenters. The van der Waals surface area contributed by atoms with Crippen molar-refractivity contribution in [3.63, 3.8) is 0 Å². The van der Waals surface area contributed by atoms with Crippen LogP contribution >= 0.6 is 12.4 Å². The van der Waals surface area contributed by atoms with E-state index in [-0.39, 0.29) is 18.2 Å². The molecule has 0 radical (unpaired) electrons. The molecule has 0 amide bonds. The normalized spacial score (nSPS) is 18.6. The number of halogens is 2. The first kappa shape index (κ1) is 16.4. The van der Waals surface area contributed by atoms with Gasteiger partial charge in [0.25, 0.3) is 0 Å². The molecule has 0 spiro atoms. The topological polar surface area (TPSA) is 15.3 Å². The highest BCUT2D eigenvalue weighted by Gasteiger charge is 2.21. The van der Waals surface area contributed by atoms with E-state index in [2.05, 4.69) is 17.1 Å². The van der Waals surface area contributed by atoms with Gasteiger partial charge in [-0.3, -0.25) is 4.90 Å². The van der Waals surface area contributed by atoms with Crippen LogP contribution in [0.15, 0.2) is 18.2 Å². The summed E-state index contributed by atoms with van der Waals surface area (Å²) in [7, 11) is 0. The van der Waals surface area contributed by atoms with Crippen molar-refractivity contribution in [1.29, 1.82) is 0 Å². The number of benzene rings is 1. The summed E-state index contributed by atoms with van der Waals surface area (Å²) >= 11 is 0. The van der Waals surface area contributed by atoms with E-state index in [1.807, 2.05) is 19.1 Å². The summed E-state index contributed by atoms with van der Waals surface area (Å²) < 4.78 is 13.6. The van der Waals surface area contributed by atoms with E-state index >= 15 is 0 Å². The Balaban J connectivity index is 0.00000180. The van der Waals surface area contributed by atoms with Gasteiger partial charge in [0, 0.05) is 19.1 Å². The summed E-state index contributed by atoms with van der Waals surface area (Å²) in [4.78, 5) is 2.48. The Hall–Kier alpha value is -0.640. The zero-order valence-electron chi connectivity index (χ0n) is 11.8. The van der Waals surface area contributed by atoms with Crippen molar-refractivity contribution in [2.75, 3.05) is 19.6 Å². The lowest BCUT2D eigenvalue weighted by atomic mass is 10.1. The molecule has 1 aromatic carbocycles. The molecule has 1 heterocycles. The maximum absolute atomic E-state index is 13.6. The van der Waals surface area contributed by atoms with E-state index in [0.29, 0.717) is 6.04 Å². The number of hydrogen-bond acceptors (Lipinski definition) is 2. The molecule has 0 aromatic heterocycles. The Morgan fingerprint density at radius 1 is 1.42 bits per heavy atom. The van der Waals surface area contributed by atoms with Gasteiger partial charge in [0.15, 0.2) is 0 Å². The first-order chi connectivity index (χ1) is 8.70. The smallest absolute Gasteiger partial charge is 0.126 e. The van der Waals surface area contributed by atoms with E-state index < -0.39 is 0 Å². The number of nitrogens with zero attached hydrogens (tertiary/aromatic N) is 1.